The van der Waals surface area contributed by atoms with Crippen LogP contribution in [0.5, 0.6) is 0 Å². The zero-order valence-electron chi connectivity index (χ0n) is 9.81. The minimum Gasteiger partial charge on any atom is -0.383 e. The van der Waals surface area contributed by atoms with Crippen LogP contribution in [0.4, 0.5) is 0 Å². The first kappa shape index (κ1) is 12.3. The zero-order valence-corrected chi connectivity index (χ0v) is 10.6. The van der Waals surface area contributed by atoms with Crippen LogP contribution < -0.4 is 5.32 Å². The Morgan fingerprint density at radius 1 is 1.38 bits per heavy atom. The van der Waals surface area contributed by atoms with Gasteiger partial charge < -0.3 is 10.1 Å². The van der Waals surface area contributed by atoms with Crippen molar-refractivity contribution < 1.29 is 13.2 Å². The zero-order chi connectivity index (χ0) is 11.6. The largest absolute Gasteiger partial charge is 0.383 e. The lowest BCUT2D eigenvalue weighted by molar-refractivity contribution is 0.155. The highest BCUT2D eigenvalue weighted by atomic mass is 32.2. The fraction of sp³-hybridized carbons (Fsp3) is 1.00. The smallest absolute Gasteiger partial charge is 0.150 e. The third kappa shape index (κ3) is 3.43. The quantitative estimate of drug-likeness (QED) is 0.740. The second-order valence-corrected chi connectivity index (χ2v) is 7.31. The second kappa shape index (κ2) is 5.02. The second-order valence-electron chi connectivity index (χ2n) is 5.08. The fourth-order valence-electron chi connectivity index (χ4n) is 2.39. The first-order chi connectivity index (χ1) is 7.61. The molecule has 0 bridgehead atoms. The third-order valence-electron chi connectivity index (χ3n) is 3.53. The van der Waals surface area contributed by atoms with Crippen molar-refractivity contribution in [3.8, 4) is 0 Å². The van der Waals surface area contributed by atoms with Gasteiger partial charge in [-0.2, -0.15) is 0 Å². The van der Waals surface area contributed by atoms with Gasteiger partial charge in [0.25, 0.3) is 0 Å². The molecule has 0 spiro atoms. The van der Waals surface area contributed by atoms with E-state index in [9.17, 15) is 8.42 Å². The summed E-state index contributed by atoms with van der Waals surface area (Å²) in [5.74, 6) is 1.79. The van der Waals surface area contributed by atoms with Gasteiger partial charge in [-0.15, -0.1) is 0 Å². The molecule has 16 heavy (non-hydrogen) atoms. The van der Waals surface area contributed by atoms with Gasteiger partial charge in [0.15, 0.2) is 9.84 Å². The summed E-state index contributed by atoms with van der Waals surface area (Å²) in [6, 6.07) is 0.424. The van der Waals surface area contributed by atoms with E-state index in [2.05, 4.69) is 5.32 Å². The molecular weight excluding hydrogens is 226 g/mol. The molecule has 1 saturated carbocycles. The van der Waals surface area contributed by atoms with E-state index < -0.39 is 9.84 Å². The standard InChI is InChI=1S/C11H21NO3S/c1-15-7-11(10-2-3-10)12-6-9-4-5-16(13,14)8-9/h9-12H,2-8H2,1H3. The average Bonchev–Trinajstić information content (AvgIpc) is 2.99. The Morgan fingerprint density at radius 2 is 2.12 bits per heavy atom. The number of ether oxygens (including phenoxy) is 1. The summed E-state index contributed by atoms with van der Waals surface area (Å²) in [7, 11) is -1.01. The number of methoxy groups -OCH3 is 1. The molecule has 0 amide bonds. The van der Waals surface area contributed by atoms with E-state index in [1.54, 1.807) is 7.11 Å². The number of nitrogens with one attached hydrogen (secondary N) is 1. The summed E-state index contributed by atoms with van der Waals surface area (Å²) in [5.41, 5.74) is 0. The van der Waals surface area contributed by atoms with Gasteiger partial charge in [0.1, 0.15) is 0 Å². The Labute approximate surface area is 97.7 Å². The van der Waals surface area contributed by atoms with Crippen molar-refractivity contribution in [2.45, 2.75) is 25.3 Å². The van der Waals surface area contributed by atoms with Crippen molar-refractivity contribution in [1.29, 1.82) is 0 Å². The van der Waals surface area contributed by atoms with Gasteiger partial charge in [-0.3, -0.25) is 0 Å². The topological polar surface area (TPSA) is 55.4 Å². The third-order valence-corrected chi connectivity index (χ3v) is 5.37. The van der Waals surface area contributed by atoms with Gasteiger partial charge in [-0.05, 0) is 37.6 Å². The first-order valence-corrected chi connectivity index (χ1v) is 7.85. The highest BCUT2D eigenvalue weighted by Crippen LogP contribution is 2.33. The summed E-state index contributed by atoms with van der Waals surface area (Å²) in [4.78, 5) is 0. The molecule has 1 heterocycles. The maximum absolute atomic E-state index is 11.3. The summed E-state index contributed by atoms with van der Waals surface area (Å²) in [6.45, 7) is 1.56. The van der Waals surface area contributed by atoms with Crippen LogP contribution >= 0.6 is 0 Å². The summed E-state index contributed by atoms with van der Waals surface area (Å²) >= 11 is 0. The maximum atomic E-state index is 11.3. The molecule has 0 aromatic heterocycles. The molecular formula is C11H21NO3S. The molecule has 0 aromatic rings. The van der Waals surface area contributed by atoms with Crippen LogP contribution in [0.25, 0.3) is 0 Å². The van der Waals surface area contributed by atoms with Crippen molar-refractivity contribution in [3.05, 3.63) is 0 Å². The molecule has 1 N–H and O–H groups in total. The highest BCUT2D eigenvalue weighted by molar-refractivity contribution is 7.91. The van der Waals surface area contributed by atoms with Crippen molar-refractivity contribution >= 4 is 9.84 Å². The van der Waals surface area contributed by atoms with Crippen LogP contribution in [0.15, 0.2) is 0 Å². The highest BCUT2D eigenvalue weighted by Gasteiger charge is 2.33. The lowest BCUT2D eigenvalue weighted by Gasteiger charge is -2.19. The van der Waals surface area contributed by atoms with Crippen molar-refractivity contribution in [2.24, 2.45) is 11.8 Å². The van der Waals surface area contributed by atoms with Crippen LogP contribution in [-0.2, 0) is 14.6 Å². The van der Waals surface area contributed by atoms with E-state index in [1.807, 2.05) is 0 Å². The van der Waals surface area contributed by atoms with E-state index in [1.165, 1.54) is 12.8 Å². The average molecular weight is 247 g/mol. The van der Waals surface area contributed by atoms with Gasteiger partial charge in [0.05, 0.1) is 18.1 Å². The fourth-order valence-corrected chi connectivity index (χ4v) is 4.25. The molecule has 0 aromatic carbocycles. The normalized spacial score (nSPS) is 30.4. The van der Waals surface area contributed by atoms with E-state index in [0.717, 1.165) is 25.5 Å². The number of hydrogen-bond acceptors (Lipinski definition) is 4. The van der Waals surface area contributed by atoms with Gasteiger partial charge in [0.2, 0.25) is 0 Å². The molecule has 94 valence electrons. The predicted octanol–water partition coefficient (Wildman–Crippen LogP) is 0.436. The molecule has 5 heteroatoms. The van der Waals surface area contributed by atoms with Gasteiger partial charge in [-0.1, -0.05) is 0 Å². The van der Waals surface area contributed by atoms with Crippen molar-refractivity contribution in [1.82, 2.24) is 5.32 Å². The Bertz CT molecular complexity index is 324. The van der Waals surface area contributed by atoms with E-state index in [4.69, 9.17) is 4.74 Å². The molecule has 2 rings (SSSR count). The Balaban J connectivity index is 1.73. The molecule has 1 saturated heterocycles. The van der Waals surface area contributed by atoms with Crippen LogP contribution in [-0.4, -0.2) is 46.2 Å². The molecule has 1 aliphatic carbocycles. The molecule has 0 radical (unpaired) electrons. The van der Waals surface area contributed by atoms with Gasteiger partial charge in [-0.25, -0.2) is 8.42 Å². The SMILES string of the molecule is COCC(NCC1CCS(=O)(=O)C1)C1CC1. The van der Waals surface area contributed by atoms with Crippen LogP contribution in [0, 0.1) is 11.8 Å². The molecule has 2 fully saturated rings. The van der Waals surface area contributed by atoms with Crippen molar-refractivity contribution in [2.75, 3.05) is 31.8 Å². The van der Waals surface area contributed by atoms with Crippen LogP contribution in [0.2, 0.25) is 0 Å². The van der Waals surface area contributed by atoms with Crippen LogP contribution in [0.1, 0.15) is 19.3 Å². The number of rotatable bonds is 6. The van der Waals surface area contributed by atoms with Crippen molar-refractivity contribution in [3.63, 3.8) is 0 Å². The number of hydrogen-bond donors (Lipinski definition) is 1. The Hall–Kier alpha value is -0.130. The molecule has 2 aliphatic rings. The molecule has 2 atom stereocenters. The first-order valence-electron chi connectivity index (χ1n) is 6.03. The minimum absolute atomic E-state index is 0.308. The van der Waals surface area contributed by atoms with Crippen LogP contribution in [0.3, 0.4) is 0 Å². The lowest BCUT2D eigenvalue weighted by Crippen LogP contribution is -2.38. The Kier molecular flexibility index (Phi) is 3.87. The predicted molar refractivity (Wildman–Crippen MR) is 63.2 cm³/mol. The minimum atomic E-state index is -2.73. The monoisotopic (exact) mass is 247 g/mol. The van der Waals surface area contributed by atoms with E-state index >= 15 is 0 Å². The summed E-state index contributed by atoms with van der Waals surface area (Å²) in [5, 5.41) is 3.47. The maximum Gasteiger partial charge on any atom is 0.150 e. The Morgan fingerprint density at radius 3 is 2.62 bits per heavy atom. The van der Waals surface area contributed by atoms with Gasteiger partial charge >= 0.3 is 0 Å². The van der Waals surface area contributed by atoms with E-state index in [0.29, 0.717) is 23.5 Å². The van der Waals surface area contributed by atoms with E-state index in [-0.39, 0.29) is 0 Å². The molecule has 4 nitrogen and oxygen atoms in total. The van der Waals surface area contributed by atoms with Gasteiger partial charge in [0, 0.05) is 13.2 Å². The molecule has 2 unspecified atom stereocenters. The summed E-state index contributed by atoms with van der Waals surface area (Å²) < 4.78 is 27.8. The number of sulfone groups is 1. The summed E-state index contributed by atoms with van der Waals surface area (Å²) in [6.07, 6.45) is 3.38. The molecule has 1 aliphatic heterocycles. The lowest BCUT2D eigenvalue weighted by atomic mass is 10.1.